The second-order valence-electron chi connectivity index (χ2n) is 3.32. The van der Waals surface area contributed by atoms with Crippen LogP contribution < -0.4 is 10.5 Å². The SMILES string of the molecule is Cc1ccc(OCc2cc(N)on2)cc1. The van der Waals surface area contributed by atoms with Gasteiger partial charge in [0.15, 0.2) is 0 Å². The number of rotatable bonds is 3. The Balaban J connectivity index is 1.96. The fourth-order valence-electron chi connectivity index (χ4n) is 1.19. The highest BCUT2D eigenvalue weighted by Gasteiger charge is 2.01. The zero-order chi connectivity index (χ0) is 10.7. The van der Waals surface area contributed by atoms with Gasteiger partial charge in [-0.15, -0.1) is 0 Å². The fourth-order valence-corrected chi connectivity index (χ4v) is 1.19. The highest BCUT2D eigenvalue weighted by Crippen LogP contribution is 2.14. The molecule has 0 saturated carbocycles. The van der Waals surface area contributed by atoms with E-state index in [4.69, 9.17) is 15.0 Å². The smallest absolute Gasteiger partial charge is 0.222 e. The van der Waals surface area contributed by atoms with E-state index in [-0.39, 0.29) is 0 Å². The summed E-state index contributed by atoms with van der Waals surface area (Å²) in [7, 11) is 0. The maximum absolute atomic E-state index is 5.48. The molecule has 2 rings (SSSR count). The monoisotopic (exact) mass is 204 g/mol. The second-order valence-corrected chi connectivity index (χ2v) is 3.32. The zero-order valence-electron chi connectivity index (χ0n) is 8.43. The molecule has 0 spiro atoms. The lowest BCUT2D eigenvalue weighted by Crippen LogP contribution is -1.95. The highest BCUT2D eigenvalue weighted by atomic mass is 16.5. The van der Waals surface area contributed by atoms with Crippen molar-refractivity contribution in [3.63, 3.8) is 0 Å². The Morgan fingerprint density at radius 3 is 2.67 bits per heavy atom. The van der Waals surface area contributed by atoms with Crippen LogP contribution in [-0.4, -0.2) is 5.16 Å². The van der Waals surface area contributed by atoms with Gasteiger partial charge >= 0.3 is 0 Å². The maximum atomic E-state index is 5.48. The summed E-state index contributed by atoms with van der Waals surface area (Å²) < 4.78 is 10.2. The molecule has 0 radical (unpaired) electrons. The zero-order valence-corrected chi connectivity index (χ0v) is 8.43. The first-order valence-corrected chi connectivity index (χ1v) is 4.64. The van der Waals surface area contributed by atoms with Gasteiger partial charge in [0.1, 0.15) is 18.1 Å². The molecule has 0 amide bonds. The number of nitrogen functional groups attached to an aromatic ring is 1. The van der Waals surface area contributed by atoms with Gasteiger partial charge in [0.25, 0.3) is 0 Å². The van der Waals surface area contributed by atoms with E-state index in [1.54, 1.807) is 6.07 Å². The second kappa shape index (κ2) is 4.04. The maximum Gasteiger partial charge on any atom is 0.222 e. The molecule has 0 unspecified atom stereocenters. The summed E-state index contributed by atoms with van der Waals surface area (Å²) >= 11 is 0. The van der Waals surface area contributed by atoms with Gasteiger partial charge < -0.3 is 15.0 Å². The van der Waals surface area contributed by atoms with Crippen LogP contribution in [0.4, 0.5) is 5.88 Å². The van der Waals surface area contributed by atoms with Gasteiger partial charge in [0.2, 0.25) is 5.88 Å². The third-order valence-corrected chi connectivity index (χ3v) is 1.98. The highest BCUT2D eigenvalue weighted by molar-refractivity contribution is 5.27. The minimum absolute atomic E-state index is 0.303. The van der Waals surface area contributed by atoms with Gasteiger partial charge in [0, 0.05) is 6.07 Å². The predicted molar refractivity (Wildman–Crippen MR) is 56.4 cm³/mol. The van der Waals surface area contributed by atoms with Crippen LogP contribution in [0.25, 0.3) is 0 Å². The number of nitrogens with two attached hydrogens (primary N) is 1. The molecule has 0 bridgehead atoms. The third-order valence-electron chi connectivity index (χ3n) is 1.98. The molecule has 4 nitrogen and oxygen atoms in total. The lowest BCUT2D eigenvalue weighted by Gasteiger charge is -2.03. The summed E-state index contributed by atoms with van der Waals surface area (Å²) in [5.41, 5.74) is 7.27. The van der Waals surface area contributed by atoms with E-state index in [1.807, 2.05) is 31.2 Å². The molecule has 0 fully saturated rings. The van der Waals surface area contributed by atoms with Crippen LogP contribution in [0.2, 0.25) is 0 Å². The van der Waals surface area contributed by atoms with E-state index in [0.717, 1.165) is 5.75 Å². The minimum atomic E-state index is 0.303. The van der Waals surface area contributed by atoms with Crippen molar-refractivity contribution >= 4 is 5.88 Å². The first-order chi connectivity index (χ1) is 7.24. The quantitative estimate of drug-likeness (QED) is 0.832. The van der Waals surface area contributed by atoms with Crippen molar-refractivity contribution in [3.8, 4) is 5.75 Å². The third kappa shape index (κ3) is 2.49. The summed E-state index contributed by atoms with van der Waals surface area (Å²) in [4.78, 5) is 0. The van der Waals surface area contributed by atoms with Crippen LogP contribution in [0.5, 0.6) is 5.75 Å². The van der Waals surface area contributed by atoms with Crippen molar-refractivity contribution in [3.05, 3.63) is 41.6 Å². The van der Waals surface area contributed by atoms with E-state index in [9.17, 15) is 0 Å². The lowest BCUT2D eigenvalue weighted by atomic mass is 10.2. The van der Waals surface area contributed by atoms with Gasteiger partial charge in [-0.05, 0) is 19.1 Å². The average molecular weight is 204 g/mol. The molecule has 0 saturated heterocycles. The average Bonchev–Trinajstić information content (AvgIpc) is 2.64. The van der Waals surface area contributed by atoms with Gasteiger partial charge in [-0.2, -0.15) is 0 Å². The van der Waals surface area contributed by atoms with Gasteiger partial charge in [-0.25, -0.2) is 0 Å². The van der Waals surface area contributed by atoms with Crippen molar-refractivity contribution in [1.29, 1.82) is 0 Å². The first-order valence-electron chi connectivity index (χ1n) is 4.64. The number of nitrogens with zero attached hydrogens (tertiary/aromatic N) is 1. The van der Waals surface area contributed by atoms with Gasteiger partial charge in [-0.3, -0.25) is 0 Å². The fraction of sp³-hybridized carbons (Fsp3) is 0.182. The predicted octanol–water partition coefficient (Wildman–Crippen LogP) is 2.14. The summed E-state index contributed by atoms with van der Waals surface area (Å²) in [6.07, 6.45) is 0. The van der Waals surface area contributed by atoms with Crippen molar-refractivity contribution in [2.75, 3.05) is 5.73 Å². The number of ether oxygens (including phenoxy) is 1. The van der Waals surface area contributed by atoms with E-state index >= 15 is 0 Å². The number of hydrogen-bond donors (Lipinski definition) is 1. The Kier molecular flexibility index (Phi) is 2.58. The van der Waals surface area contributed by atoms with E-state index in [2.05, 4.69) is 5.16 Å². The molecule has 1 aromatic carbocycles. The summed E-state index contributed by atoms with van der Waals surface area (Å²) in [6, 6.07) is 9.46. The number of benzene rings is 1. The Labute approximate surface area is 87.6 Å². The van der Waals surface area contributed by atoms with E-state index in [1.165, 1.54) is 5.56 Å². The minimum Gasteiger partial charge on any atom is -0.487 e. The van der Waals surface area contributed by atoms with E-state index in [0.29, 0.717) is 18.2 Å². The Morgan fingerprint density at radius 2 is 2.07 bits per heavy atom. The van der Waals surface area contributed by atoms with Crippen LogP contribution in [-0.2, 0) is 6.61 Å². The largest absolute Gasteiger partial charge is 0.487 e. The number of hydrogen-bond acceptors (Lipinski definition) is 4. The molecule has 15 heavy (non-hydrogen) atoms. The van der Waals surface area contributed by atoms with E-state index < -0.39 is 0 Å². The van der Waals surface area contributed by atoms with Crippen molar-refractivity contribution in [1.82, 2.24) is 5.16 Å². The van der Waals surface area contributed by atoms with Crippen LogP contribution in [0.1, 0.15) is 11.3 Å². The van der Waals surface area contributed by atoms with Crippen LogP contribution >= 0.6 is 0 Å². The molecule has 4 heteroatoms. The molecular formula is C11H12N2O2. The molecular weight excluding hydrogens is 192 g/mol. The summed E-state index contributed by atoms with van der Waals surface area (Å²) in [6.45, 7) is 2.39. The number of anilines is 1. The molecule has 0 aliphatic carbocycles. The first kappa shape index (κ1) is 9.58. The normalized spacial score (nSPS) is 10.2. The molecule has 0 aliphatic rings. The molecule has 0 aliphatic heterocycles. The van der Waals surface area contributed by atoms with Gasteiger partial charge in [0.05, 0.1) is 0 Å². The van der Waals surface area contributed by atoms with Crippen molar-refractivity contribution in [2.45, 2.75) is 13.5 Å². The molecule has 1 aromatic heterocycles. The van der Waals surface area contributed by atoms with Crippen molar-refractivity contribution in [2.24, 2.45) is 0 Å². The molecule has 0 atom stereocenters. The Bertz CT molecular complexity index is 434. The Morgan fingerprint density at radius 1 is 1.33 bits per heavy atom. The van der Waals surface area contributed by atoms with Crippen LogP contribution in [0.3, 0.4) is 0 Å². The Hall–Kier alpha value is -1.97. The topological polar surface area (TPSA) is 61.3 Å². The standard InChI is InChI=1S/C11H12N2O2/c1-8-2-4-10(5-3-8)14-7-9-6-11(12)15-13-9/h2-6H,7,12H2,1H3. The lowest BCUT2D eigenvalue weighted by molar-refractivity contribution is 0.290. The van der Waals surface area contributed by atoms with Gasteiger partial charge in [-0.1, -0.05) is 22.9 Å². The summed E-state index contributed by atoms with van der Waals surface area (Å²) in [5.74, 6) is 1.11. The number of aryl methyl sites for hydroxylation is 1. The van der Waals surface area contributed by atoms with Crippen LogP contribution in [0.15, 0.2) is 34.9 Å². The molecule has 1 heterocycles. The number of aromatic nitrogens is 1. The molecule has 78 valence electrons. The molecule has 2 N–H and O–H groups in total. The summed E-state index contributed by atoms with van der Waals surface area (Å²) in [5, 5.41) is 3.72. The van der Waals surface area contributed by atoms with Crippen molar-refractivity contribution < 1.29 is 9.26 Å². The molecule has 2 aromatic rings. The van der Waals surface area contributed by atoms with Crippen LogP contribution in [0, 0.1) is 6.92 Å².